The van der Waals surface area contributed by atoms with Crippen molar-refractivity contribution in [1.29, 1.82) is 0 Å². The number of aliphatic hydroxyl groups is 2. The molecule has 0 saturated carbocycles. The van der Waals surface area contributed by atoms with Crippen LogP contribution in [0.3, 0.4) is 0 Å². The molecule has 0 radical (unpaired) electrons. The van der Waals surface area contributed by atoms with Crippen LogP contribution in [-0.2, 0) is 35.7 Å². The molecule has 0 aromatic carbocycles. The molecule has 0 aliphatic heterocycles. The van der Waals surface area contributed by atoms with Crippen molar-refractivity contribution in [3.8, 4) is 0 Å². The summed E-state index contributed by atoms with van der Waals surface area (Å²) >= 11 is 0. The van der Waals surface area contributed by atoms with Gasteiger partial charge in [0.05, 0.1) is 26.3 Å². The van der Waals surface area contributed by atoms with E-state index < -0.39 is 12.2 Å². The number of hydrogen-bond donors (Lipinski definition) is 2. The third-order valence-electron chi connectivity index (χ3n) is 10.1. The van der Waals surface area contributed by atoms with Crippen molar-refractivity contribution < 1.29 is 62.8 Å². The predicted octanol–water partition coefficient (Wildman–Crippen LogP) is 3.12. The molecule has 2 atom stereocenters. The molecule has 2 aromatic rings. The van der Waals surface area contributed by atoms with Gasteiger partial charge in [0.2, 0.25) is 12.7 Å². The maximum Gasteiger partial charge on any atom is 0.243 e. The molecule has 0 amide bonds. The van der Waals surface area contributed by atoms with E-state index in [1.807, 2.05) is 21.5 Å². The van der Waals surface area contributed by atoms with E-state index in [2.05, 4.69) is 48.0 Å². The van der Waals surface area contributed by atoms with Crippen LogP contribution in [0.5, 0.6) is 0 Å². The second-order valence-electron chi connectivity index (χ2n) is 15.3. The smallest absolute Gasteiger partial charge is 0.243 e. The van der Waals surface area contributed by atoms with Gasteiger partial charge in [-0.15, -0.1) is 0 Å². The van der Waals surface area contributed by atoms with E-state index in [0.29, 0.717) is 26.3 Å². The van der Waals surface area contributed by atoms with Crippen molar-refractivity contribution in [1.82, 2.24) is 9.13 Å². The number of imidazole rings is 2. The fourth-order valence-corrected chi connectivity index (χ4v) is 6.91. The van der Waals surface area contributed by atoms with Crippen LogP contribution in [0.25, 0.3) is 0 Å². The Labute approximate surface area is 347 Å². The quantitative estimate of drug-likeness (QED) is 0.0805. The molecule has 2 heterocycles. The molecule has 2 unspecified atom stereocenters. The van der Waals surface area contributed by atoms with E-state index in [9.17, 15) is 10.2 Å². The number of nitrogens with zero attached hydrogens (tertiary/aromatic N) is 4. The van der Waals surface area contributed by atoms with Gasteiger partial charge >= 0.3 is 0 Å². The number of aryl methyl sites for hydroxylation is 2. The van der Waals surface area contributed by atoms with Crippen LogP contribution in [0.4, 0.5) is 0 Å². The molecule has 0 aliphatic carbocycles. The zero-order valence-corrected chi connectivity index (χ0v) is 37.4. The first-order valence-corrected chi connectivity index (χ1v) is 21.7. The first-order valence-electron chi connectivity index (χ1n) is 21.7. The Hall–Kier alpha value is -0.780. The molecule has 10 heteroatoms. The van der Waals surface area contributed by atoms with Gasteiger partial charge < -0.3 is 53.6 Å². The third-order valence-corrected chi connectivity index (χ3v) is 10.1. The van der Waals surface area contributed by atoms with Gasteiger partial charge in [0, 0.05) is 19.6 Å². The van der Waals surface area contributed by atoms with Gasteiger partial charge in [-0.1, -0.05) is 155 Å². The van der Waals surface area contributed by atoms with Crippen molar-refractivity contribution in [2.24, 2.45) is 0 Å². The van der Waals surface area contributed by atoms with Crippen LogP contribution in [0.15, 0.2) is 37.4 Å². The lowest BCUT2D eigenvalue weighted by atomic mass is 10.1. The Balaban J connectivity index is 0.0000135. The van der Waals surface area contributed by atoms with Crippen LogP contribution in [0.2, 0.25) is 0 Å². The van der Waals surface area contributed by atoms with Crippen molar-refractivity contribution in [3.63, 3.8) is 0 Å². The molecule has 2 N–H and O–H groups in total. The number of hydrogen-bond acceptors (Lipinski definition) is 4. The summed E-state index contributed by atoms with van der Waals surface area (Å²) in [6.45, 7) is 9.74. The van der Waals surface area contributed by atoms with Crippen LogP contribution < -0.4 is 43.1 Å². The van der Waals surface area contributed by atoms with Crippen molar-refractivity contribution >= 4 is 0 Å². The van der Waals surface area contributed by atoms with E-state index in [4.69, 9.17) is 9.47 Å². The van der Waals surface area contributed by atoms with Crippen LogP contribution in [0.1, 0.15) is 174 Å². The second-order valence-corrected chi connectivity index (χ2v) is 15.3. The molecule has 53 heavy (non-hydrogen) atoms. The number of halogens is 2. The van der Waals surface area contributed by atoms with E-state index in [-0.39, 0.29) is 34.0 Å². The van der Waals surface area contributed by atoms with E-state index in [1.54, 1.807) is 0 Å². The molecular weight excluding hydrogens is 796 g/mol. The van der Waals surface area contributed by atoms with Gasteiger partial charge in [-0.05, 0) is 12.8 Å². The highest BCUT2D eigenvalue weighted by molar-refractivity contribution is 4.70. The molecule has 8 nitrogen and oxygen atoms in total. The third kappa shape index (κ3) is 31.0. The minimum atomic E-state index is -0.492. The van der Waals surface area contributed by atoms with Crippen molar-refractivity contribution in [2.45, 2.75) is 213 Å². The molecule has 2 aromatic heterocycles. The largest absolute Gasteiger partial charge is 1.00 e. The average molecular weight is 879 g/mol. The van der Waals surface area contributed by atoms with Gasteiger partial charge in [0.15, 0.2) is 0 Å². The average Bonchev–Trinajstić information content (AvgIpc) is 3.77. The first-order chi connectivity index (χ1) is 25.1. The molecule has 2 rings (SSSR count). The van der Waals surface area contributed by atoms with Crippen LogP contribution in [0, 0.1) is 0 Å². The number of ether oxygens (including phenoxy) is 2. The van der Waals surface area contributed by atoms with Gasteiger partial charge in [-0.2, -0.15) is 0 Å². The summed E-state index contributed by atoms with van der Waals surface area (Å²) in [6, 6.07) is 0. The fraction of sp³-hybridized carbons (Fsp3) is 0.860. The number of aliphatic hydroxyl groups excluding tert-OH is 2. The summed E-state index contributed by atoms with van der Waals surface area (Å²) < 4.78 is 20.0. The predicted molar refractivity (Wildman–Crippen MR) is 210 cm³/mol. The van der Waals surface area contributed by atoms with Gasteiger partial charge in [-0.3, -0.25) is 0 Å². The highest BCUT2D eigenvalue weighted by Crippen LogP contribution is 2.13. The molecule has 0 spiro atoms. The van der Waals surface area contributed by atoms with E-state index in [1.165, 1.54) is 141 Å². The van der Waals surface area contributed by atoms with E-state index >= 15 is 0 Å². The summed E-state index contributed by atoms with van der Waals surface area (Å²) in [5, 5.41) is 20.9. The Morgan fingerprint density at radius 1 is 0.453 bits per heavy atom. The molecule has 0 bridgehead atoms. The number of aromatic nitrogens is 4. The normalized spacial score (nSPS) is 12.5. The molecule has 312 valence electrons. The van der Waals surface area contributed by atoms with E-state index in [0.717, 1.165) is 45.6 Å². The van der Waals surface area contributed by atoms with Gasteiger partial charge in [-0.25, -0.2) is 18.3 Å². The maximum absolute atomic E-state index is 10.5. The van der Waals surface area contributed by atoms with Crippen LogP contribution in [-0.4, -0.2) is 58.0 Å². The monoisotopic (exact) mass is 876 g/mol. The van der Waals surface area contributed by atoms with Gasteiger partial charge in [0.1, 0.15) is 50.1 Å². The van der Waals surface area contributed by atoms with Gasteiger partial charge in [0.25, 0.3) is 0 Å². The summed E-state index contributed by atoms with van der Waals surface area (Å²) in [5.41, 5.74) is 0. The minimum absolute atomic E-state index is 0. The number of unbranched alkanes of at least 4 members (excludes halogenated alkanes) is 22. The summed E-state index contributed by atoms with van der Waals surface area (Å²) in [7, 11) is 0. The number of rotatable bonds is 38. The Morgan fingerprint density at radius 2 is 0.755 bits per heavy atom. The zero-order chi connectivity index (χ0) is 36.5. The lowest BCUT2D eigenvalue weighted by molar-refractivity contribution is -0.703. The zero-order valence-electron chi connectivity index (χ0n) is 34.2. The highest BCUT2D eigenvalue weighted by atomic mass is 79.9. The summed E-state index contributed by atoms with van der Waals surface area (Å²) in [6.07, 6.45) is 44.5. The molecule has 0 fully saturated rings. The van der Waals surface area contributed by atoms with Crippen molar-refractivity contribution in [3.05, 3.63) is 37.4 Å². The topological polar surface area (TPSA) is 76.5 Å². The molecular formula is C43H82Br2N4O4. The maximum atomic E-state index is 10.5. The Morgan fingerprint density at radius 3 is 1.08 bits per heavy atom. The second kappa shape index (κ2) is 38.1. The SMILES string of the molecule is CCCCCCCCCCCCCCOCC(O)C[n+]1ccn(CCCn2cc[n+](CC(O)COCCCCCCCCCCCCCC)c2)c1.[Br-].[Br-]. The highest BCUT2D eigenvalue weighted by Gasteiger charge is 2.13. The standard InChI is InChI=1S/C43H82N4O4.2BrH/c1-3-5-7-9-11-13-15-17-19-21-23-25-34-50-38-42(48)36-46-32-30-44(40-46)28-27-29-45-31-33-47(41-45)37-43(49)39-51-35-26-24-22-20-18-16-14-12-10-8-6-4-2;;/h30-33,40-43,48-49H,3-29,34-39H2,1-2H3;2*1H/q+2;;/p-2. The summed E-state index contributed by atoms with van der Waals surface area (Å²) in [4.78, 5) is 0. The Bertz CT molecular complexity index is 946. The first kappa shape index (κ1) is 52.2. The fourth-order valence-electron chi connectivity index (χ4n) is 6.91. The Kier molecular flexibility index (Phi) is 37.5. The lowest BCUT2D eigenvalue weighted by Crippen LogP contribution is -3.00. The minimum Gasteiger partial charge on any atom is -1.00 e. The molecule has 0 aliphatic rings. The van der Waals surface area contributed by atoms with Crippen molar-refractivity contribution in [2.75, 3.05) is 26.4 Å². The summed E-state index contributed by atoms with van der Waals surface area (Å²) in [5.74, 6) is 0. The molecule has 0 saturated heterocycles. The van der Waals surface area contributed by atoms with Crippen LogP contribution >= 0.6 is 0 Å². The lowest BCUT2D eigenvalue weighted by Gasteiger charge is -2.09.